The molecule has 1 unspecified atom stereocenters. The van der Waals surface area contributed by atoms with Gasteiger partial charge in [0.05, 0.1) is 12.0 Å². The molecule has 0 fully saturated rings. The van der Waals surface area contributed by atoms with Crippen molar-refractivity contribution in [2.24, 2.45) is 5.92 Å². The van der Waals surface area contributed by atoms with E-state index < -0.39 is 5.97 Å². The molecule has 0 aromatic carbocycles. The summed E-state index contributed by atoms with van der Waals surface area (Å²) in [5.41, 5.74) is 0. The van der Waals surface area contributed by atoms with Gasteiger partial charge in [-0.1, -0.05) is 6.92 Å². The maximum Gasteiger partial charge on any atom is 0.303 e. The van der Waals surface area contributed by atoms with E-state index in [1.165, 1.54) is 11.3 Å². The number of hydrogen-bond acceptors (Lipinski definition) is 4. The second kappa shape index (κ2) is 6.24. The van der Waals surface area contributed by atoms with E-state index in [0.717, 1.165) is 0 Å². The number of ether oxygens (including phenoxy) is 1. The average molecular weight is 257 g/mol. The van der Waals surface area contributed by atoms with Crippen molar-refractivity contribution in [1.29, 1.82) is 0 Å². The van der Waals surface area contributed by atoms with E-state index in [1.54, 1.807) is 25.5 Å². The van der Waals surface area contributed by atoms with Gasteiger partial charge in [0, 0.05) is 24.4 Å². The third kappa shape index (κ3) is 4.44. The Morgan fingerprint density at radius 2 is 2.29 bits per heavy atom. The lowest BCUT2D eigenvalue weighted by Crippen LogP contribution is -2.28. The van der Waals surface area contributed by atoms with Gasteiger partial charge in [0.15, 0.2) is 0 Å². The lowest BCUT2D eigenvalue weighted by molar-refractivity contribution is -0.137. The lowest BCUT2D eigenvalue weighted by Gasteiger charge is -2.09. The van der Waals surface area contributed by atoms with Crippen LogP contribution in [0.5, 0.6) is 5.75 Å². The van der Waals surface area contributed by atoms with Gasteiger partial charge in [0.1, 0.15) is 5.75 Å². The zero-order valence-corrected chi connectivity index (χ0v) is 10.5. The Hall–Kier alpha value is -1.56. The van der Waals surface area contributed by atoms with Crippen LogP contribution in [0.3, 0.4) is 0 Å². The minimum Gasteiger partial charge on any atom is -0.496 e. The van der Waals surface area contributed by atoms with E-state index in [4.69, 9.17) is 9.84 Å². The topological polar surface area (TPSA) is 75.6 Å². The molecule has 1 heterocycles. The second-order valence-electron chi connectivity index (χ2n) is 3.76. The van der Waals surface area contributed by atoms with Crippen molar-refractivity contribution in [2.45, 2.75) is 13.3 Å². The molecule has 1 rings (SSSR count). The predicted molar refractivity (Wildman–Crippen MR) is 64.6 cm³/mol. The quantitative estimate of drug-likeness (QED) is 0.811. The molecular formula is C11H15NO4S. The molecular weight excluding hydrogens is 242 g/mol. The normalized spacial score (nSPS) is 11.9. The fraction of sp³-hybridized carbons (Fsp3) is 0.455. The van der Waals surface area contributed by atoms with Crippen LogP contribution in [-0.4, -0.2) is 30.6 Å². The number of thiophene rings is 1. The maximum atomic E-state index is 11.7. The molecule has 0 aliphatic carbocycles. The fourth-order valence-electron chi connectivity index (χ4n) is 1.27. The lowest BCUT2D eigenvalue weighted by atomic mass is 10.1. The van der Waals surface area contributed by atoms with Crippen LogP contribution < -0.4 is 10.1 Å². The smallest absolute Gasteiger partial charge is 0.303 e. The summed E-state index contributed by atoms with van der Waals surface area (Å²) in [6, 6.07) is 1.65. The Morgan fingerprint density at radius 3 is 2.82 bits per heavy atom. The van der Waals surface area contributed by atoms with Crippen LogP contribution in [0.4, 0.5) is 0 Å². The molecule has 0 saturated heterocycles. The summed E-state index contributed by atoms with van der Waals surface area (Å²) in [7, 11) is 1.54. The third-order valence-corrected chi connectivity index (χ3v) is 3.08. The van der Waals surface area contributed by atoms with E-state index in [1.807, 2.05) is 0 Å². The first-order chi connectivity index (χ1) is 8.02. The van der Waals surface area contributed by atoms with Crippen LogP contribution in [0.25, 0.3) is 0 Å². The predicted octanol–water partition coefficient (Wildman–Crippen LogP) is 1.60. The highest BCUT2D eigenvalue weighted by atomic mass is 32.1. The monoisotopic (exact) mass is 257 g/mol. The molecule has 1 amide bonds. The molecule has 0 aliphatic rings. The molecule has 1 atom stereocenters. The van der Waals surface area contributed by atoms with Crippen molar-refractivity contribution in [2.75, 3.05) is 13.7 Å². The maximum absolute atomic E-state index is 11.7. The summed E-state index contributed by atoms with van der Waals surface area (Å²) in [5, 5.41) is 13.0. The summed E-state index contributed by atoms with van der Waals surface area (Å²) in [6.45, 7) is 2.13. The number of carboxylic acids is 1. The fourth-order valence-corrected chi connectivity index (χ4v) is 2.04. The molecule has 5 nitrogen and oxygen atoms in total. The first kappa shape index (κ1) is 13.5. The van der Waals surface area contributed by atoms with Gasteiger partial charge in [0.2, 0.25) is 0 Å². The van der Waals surface area contributed by atoms with Crippen molar-refractivity contribution in [3.63, 3.8) is 0 Å². The molecule has 0 spiro atoms. The number of carboxylic acid groups (broad SMARTS) is 1. The van der Waals surface area contributed by atoms with E-state index in [2.05, 4.69) is 5.32 Å². The first-order valence-electron chi connectivity index (χ1n) is 5.15. The molecule has 2 N–H and O–H groups in total. The summed E-state index contributed by atoms with van der Waals surface area (Å²) in [4.78, 5) is 22.7. The van der Waals surface area contributed by atoms with Gasteiger partial charge in [0.25, 0.3) is 5.91 Å². The van der Waals surface area contributed by atoms with Crippen molar-refractivity contribution in [1.82, 2.24) is 5.32 Å². The first-order valence-corrected chi connectivity index (χ1v) is 6.03. The van der Waals surface area contributed by atoms with Gasteiger partial charge in [-0.3, -0.25) is 9.59 Å². The Balaban J connectivity index is 2.41. The minimum absolute atomic E-state index is 0.0496. The van der Waals surface area contributed by atoms with E-state index in [0.29, 0.717) is 17.2 Å². The molecule has 17 heavy (non-hydrogen) atoms. The molecule has 1 aromatic heterocycles. The van der Waals surface area contributed by atoms with Crippen molar-refractivity contribution in [3.8, 4) is 5.75 Å². The molecule has 0 aliphatic heterocycles. The van der Waals surface area contributed by atoms with E-state index in [-0.39, 0.29) is 18.2 Å². The highest BCUT2D eigenvalue weighted by Gasteiger charge is 2.12. The number of rotatable bonds is 6. The number of nitrogens with one attached hydrogen (secondary N) is 1. The van der Waals surface area contributed by atoms with Crippen molar-refractivity contribution in [3.05, 3.63) is 16.3 Å². The molecule has 1 aromatic rings. The summed E-state index contributed by atoms with van der Waals surface area (Å²) in [5.74, 6) is -0.489. The van der Waals surface area contributed by atoms with Crippen LogP contribution in [0.2, 0.25) is 0 Å². The van der Waals surface area contributed by atoms with Crippen LogP contribution >= 0.6 is 11.3 Å². The van der Waals surface area contributed by atoms with E-state index >= 15 is 0 Å². The summed E-state index contributed by atoms with van der Waals surface area (Å²) < 4.78 is 4.98. The number of methoxy groups -OCH3 is 1. The Kier molecular flexibility index (Phi) is 4.96. The molecule has 0 saturated carbocycles. The standard InChI is InChI=1S/C11H15NO4S/c1-7(3-10(13)14)5-12-11(15)9-4-8(16-2)6-17-9/h4,6-7H,3,5H2,1-2H3,(H,12,15)(H,13,14). The van der Waals surface area contributed by atoms with Crippen molar-refractivity contribution >= 4 is 23.2 Å². The van der Waals surface area contributed by atoms with Crippen LogP contribution in [0.1, 0.15) is 23.0 Å². The SMILES string of the molecule is COc1csc(C(=O)NCC(C)CC(=O)O)c1. The number of carbonyl (C=O) groups is 2. The number of carbonyl (C=O) groups excluding carboxylic acids is 1. The van der Waals surface area contributed by atoms with Crippen LogP contribution in [-0.2, 0) is 4.79 Å². The van der Waals surface area contributed by atoms with Gasteiger partial charge in [-0.15, -0.1) is 11.3 Å². The van der Waals surface area contributed by atoms with Gasteiger partial charge in [-0.25, -0.2) is 0 Å². The number of hydrogen-bond donors (Lipinski definition) is 2. The summed E-state index contributed by atoms with van der Waals surface area (Å²) >= 11 is 1.29. The molecule has 6 heteroatoms. The zero-order chi connectivity index (χ0) is 12.8. The third-order valence-electron chi connectivity index (χ3n) is 2.17. The van der Waals surface area contributed by atoms with Gasteiger partial charge >= 0.3 is 5.97 Å². The van der Waals surface area contributed by atoms with Gasteiger partial charge < -0.3 is 15.2 Å². The Bertz CT molecular complexity index is 402. The summed E-state index contributed by atoms with van der Waals surface area (Å²) in [6.07, 6.45) is 0.0496. The second-order valence-corrected chi connectivity index (χ2v) is 4.68. The van der Waals surface area contributed by atoms with Crippen LogP contribution in [0, 0.1) is 5.92 Å². The zero-order valence-electron chi connectivity index (χ0n) is 9.73. The molecule has 0 radical (unpaired) electrons. The molecule has 0 bridgehead atoms. The van der Waals surface area contributed by atoms with E-state index in [9.17, 15) is 9.59 Å². The van der Waals surface area contributed by atoms with Crippen molar-refractivity contribution < 1.29 is 19.4 Å². The largest absolute Gasteiger partial charge is 0.496 e. The highest BCUT2D eigenvalue weighted by Crippen LogP contribution is 2.20. The molecule has 94 valence electrons. The average Bonchev–Trinajstić information content (AvgIpc) is 2.73. The Labute approximate surface area is 103 Å². The Morgan fingerprint density at radius 1 is 1.59 bits per heavy atom. The van der Waals surface area contributed by atoms with Gasteiger partial charge in [-0.05, 0) is 5.92 Å². The van der Waals surface area contributed by atoms with Gasteiger partial charge in [-0.2, -0.15) is 0 Å². The number of amides is 1. The minimum atomic E-state index is -0.857. The highest BCUT2D eigenvalue weighted by molar-refractivity contribution is 7.12. The number of aliphatic carboxylic acids is 1. The van der Waals surface area contributed by atoms with Crippen LogP contribution in [0.15, 0.2) is 11.4 Å².